The van der Waals surface area contributed by atoms with Crippen LogP contribution in [-0.2, 0) is 53.7 Å². The number of amides is 4. The van der Waals surface area contributed by atoms with Gasteiger partial charge in [0.05, 0.1) is 20.5 Å². The molecule has 4 N–H and O–H groups in total. The van der Waals surface area contributed by atoms with Crippen LogP contribution in [-0.4, -0.2) is 84.8 Å². The maximum Gasteiger partial charge on any atom is 0.510 e. The van der Waals surface area contributed by atoms with Crippen molar-refractivity contribution in [1.82, 2.24) is 21.3 Å². The Morgan fingerprint density at radius 3 is 1.92 bits per heavy atom. The summed E-state index contributed by atoms with van der Waals surface area (Å²) >= 11 is 0. The minimum Gasteiger partial charge on any atom is -0.790 e. The van der Waals surface area contributed by atoms with Gasteiger partial charge in [0.15, 0.2) is 12.6 Å². The van der Waals surface area contributed by atoms with E-state index in [0.717, 1.165) is 5.56 Å². The molecule has 1 fully saturated rings. The van der Waals surface area contributed by atoms with Gasteiger partial charge in [0, 0.05) is 6.92 Å². The third-order valence-corrected chi connectivity index (χ3v) is 8.18. The number of ketones is 1. The Kier molecular flexibility index (Phi) is 16.7. The van der Waals surface area contributed by atoms with E-state index in [4.69, 9.17) is 9.47 Å². The van der Waals surface area contributed by atoms with E-state index in [0.29, 0.717) is 6.42 Å². The van der Waals surface area contributed by atoms with Crippen LogP contribution in [0.4, 0.5) is 4.79 Å². The second-order valence-corrected chi connectivity index (χ2v) is 14.6. The fourth-order valence-electron chi connectivity index (χ4n) is 5.07. The second kappa shape index (κ2) is 19.6. The number of ether oxygens (including phenoxy) is 3. The molecule has 0 aliphatic carbocycles. The number of carbonyl (C=O) groups is 6. The minimum atomic E-state index is -5.48. The van der Waals surface area contributed by atoms with E-state index in [1.165, 1.54) is 13.8 Å². The van der Waals surface area contributed by atoms with E-state index in [1.54, 1.807) is 20.8 Å². The average molecular weight is 741 g/mol. The first-order chi connectivity index (χ1) is 23.7. The number of hydrogen-bond acceptors (Lipinski definition) is 13. The summed E-state index contributed by atoms with van der Waals surface area (Å²) in [5.41, 5.74) is -0.172. The number of epoxide rings is 1. The van der Waals surface area contributed by atoms with Crippen molar-refractivity contribution in [2.75, 3.05) is 13.4 Å². The molecule has 1 aliphatic rings. The molecule has 1 aliphatic heterocycles. The van der Waals surface area contributed by atoms with Crippen LogP contribution in [0.1, 0.15) is 73.3 Å². The van der Waals surface area contributed by atoms with Gasteiger partial charge in [-0.3, -0.25) is 24.0 Å². The summed E-state index contributed by atoms with van der Waals surface area (Å²) in [5.74, 6) is -3.49. The third kappa shape index (κ3) is 15.9. The Bertz CT molecular complexity index is 1410. The molecule has 6 atom stereocenters. The fourth-order valence-corrected chi connectivity index (χ4v) is 5.25. The summed E-state index contributed by atoms with van der Waals surface area (Å²) in [6.45, 7) is 10.2. The number of benzene rings is 1. The Labute approximate surface area is 297 Å². The Hall–Kier alpha value is -3.89. The van der Waals surface area contributed by atoms with Gasteiger partial charge in [0.25, 0.3) is 0 Å². The SMILES string of the molecule is CC(=O)N[C@@H](CCc1ccccc1)C(=O)N[C@@H](CC(C)C)C(=O)N[C@H](C(=O)N[C@@H](CC(C)C)C(=O)[C@@]1(C)CO1)[C@@H](C)OC(=O)OCOP(=O)([O-])[O-]. The van der Waals surface area contributed by atoms with Gasteiger partial charge in [0.2, 0.25) is 23.6 Å². The highest BCUT2D eigenvalue weighted by Gasteiger charge is 2.50. The van der Waals surface area contributed by atoms with Gasteiger partial charge >= 0.3 is 6.16 Å². The molecule has 2 rings (SSSR count). The van der Waals surface area contributed by atoms with Gasteiger partial charge in [0.1, 0.15) is 29.8 Å². The van der Waals surface area contributed by atoms with E-state index in [1.807, 2.05) is 44.2 Å². The molecule has 286 valence electrons. The molecular weight excluding hydrogens is 691 g/mol. The van der Waals surface area contributed by atoms with Crippen molar-refractivity contribution in [3.63, 3.8) is 0 Å². The molecule has 4 amide bonds. The molecule has 0 aromatic heterocycles. The predicted molar refractivity (Wildman–Crippen MR) is 177 cm³/mol. The molecule has 17 nitrogen and oxygen atoms in total. The minimum absolute atomic E-state index is 0.0552. The summed E-state index contributed by atoms with van der Waals surface area (Å²) in [5, 5.41) is 10.4. The summed E-state index contributed by atoms with van der Waals surface area (Å²) in [7, 11) is -5.48. The van der Waals surface area contributed by atoms with Crippen LogP contribution in [0.25, 0.3) is 0 Å². The summed E-state index contributed by atoms with van der Waals surface area (Å²) in [6, 6.07) is 4.32. The summed E-state index contributed by atoms with van der Waals surface area (Å²) in [6.07, 6.45) is -2.08. The van der Waals surface area contributed by atoms with Crippen molar-refractivity contribution in [2.45, 2.75) is 110 Å². The van der Waals surface area contributed by atoms with Crippen molar-refractivity contribution >= 4 is 43.4 Å². The molecule has 1 aromatic carbocycles. The van der Waals surface area contributed by atoms with Crippen molar-refractivity contribution < 1.29 is 61.9 Å². The van der Waals surface area contributed by atoms with Gasteiger partial charge in [-0.25, -0.2) is 4.79 Å². The number of carbonyl (C=O) groups excluding carboxylic acids is 6. The van der Waals surface area contributed by atoms with Crippen molar-refractivity contribution in [3.05, 3.63) is 35.9 Å². The highest BCUT2D eigenvalue weighted by molar-refractivity contribution is 7.43. The first-order valence-corrected chi connectivity index (χ1v) is 18.1. The molecule has 0 spiro atoms. The van der Waals surface area contributed by atoms with Gasteiger partial charge < -0.3 is 54.4 Å². The fraction of sp³-hybridized carbons (Fsp3) is 0.636. The van der Waals surface area contributed by atoms with Crippen LogP contribution in [0.5, 0.6) is 0 Å². The Balaban J connectivity index is 2.32. The van der Waals surface area contributed by atoms with E-state index < -0.39 is 86.1 Å². The van der Waals surface area contributed by atoms with E-state index in [9.17, 15) is 43.1 Å². The van der Waals surface area contributed by atoms with Gasteiger partial charge in [-0.1, -0.05) is 58.0 Å². The Morgan fingerprint density at radius 1 is 0.843 bits per heavy atom. The predicted octanol–water partition coefficient (Wildman–Crippen LogP) is 0.373. The number of hydrogen-bond donors (Lipinski definition) is 4. The van der Waals surface area contributed by atoms with Crippen LogP contribution in [0.15, 0.2) is 30.3 Å². The molecule has 1 aromatic rings. The van der Waals surface area contributed by atoms with Gasteiger partial charge in [-0.05, 0) is 56.9 Å². The van der Waals surface area contributed by atoms with Crippen LogP contribution in [0.2, 0.25) is 0 Å². The van der Waals surface area contributed by atoms with Crippen molar-refractivity contribution in [1.29, 1.82) is 0 Å². The lowest BCUT2D eigenvalue weighted by molar-refractivity contribution is -0.345. The van der Waals surface area contributed by atoms with E-state index >= 15 is 0 Å². The van der Waals surface area contributed by atoms with Crippen LogP contribution in [0.3, 0.4) is 0 Å². The molecule has 51 heavy (non-hydrogen) atoms. The number of phosphoric ester groups is 1. The van der Waals surface area contributed by atoms with Crippen molar-refractivity contribution in [2.24, 2.45) is 11.8 Å². The highest BCUT2D eigenvalue weighted by Crippen LogP contribution is 2.30. The number of nitrogens with one attached hydrogen (secondary N) is 4. The molecule has 0 bridgehead atoms. The topological polar surface area (TPSA) is 254 Å². The van der Waals surface area contributed by atoms with Crippen LogP contribution in [0, 0.1) is 11.8 Å². The molecule has 1 heterocycles. The zero-order valence-electron chi connectivity index (χ0n) is 29.9. The first kappa shape index (κ1) is 43.3. The summed E-state index contributed by atoms with van der Waals surface area (Å²) in [4.78, 5) is 100. The monoisotopic (exact) mass is 740 g/mol. The smallest absolute Gasteiger partial charge is 0.510 e. The van der Waals surface area contributed by atoms with E-state index in [-0.39, 0.29) is 37.7 Å². The lowest BCUT2D eigenvalue weighted by atomic mass is 9.93. The van der Waals surface area contributed by atoms with Gasteiger partial charge in [-0.2, -0.15) is 0 Å². The lowest BCUT2D eigenvalue weighted by Crippen LogP contribution is -2.61. The zero-order chi connectivity index (χ0) is 38.5. The normalized spacial score (nSPS) is 18.4. The third-order valence-electron chi connectivity index (χ3n) is 7.76. The maximum atomic E-state index is 13.8. The summed E-state index contributed by atoms with van der Waals surface area (Å²) < 4.78 is 29.4. The molecular formula is C33H49N4O13P-2. The maximum absolute atomic E-state index is 13.8. The first-order valence-electron chi connectivity index (χ1n) is 16.6. The molecule has 18 heteroatoms. The molecule has 0 radical (unpaired) electrons. The highest BCUT2D eigenvalue weighted by atomic mass is 31.2. The quantitative estimate of drug-likeness (QED) is 0.0576. The standard InChI is InChI=1S/C33H51N4O13P/c1-19(2)15-25(28(39)33(7)17-48-33)35-31(42)27(21(5)50-32(43)47-18-49-51(44,45)46)37-30(41)26(16-20(3)4)36-29(40)24(34-22(6)38)14-13-23-11-9-8-10-12-23/h8-12,19-21,24-27H,13-18H2,1-7H3,(H,34,38)(H,35,42)(H,36,40)(H,37,41)(H2,44,45,46)/p-2/t21-,24+,25+,26+,27+,33-/m1/s1. The molecule has 1 saturated heterocycles. The molecule has 0 saturated carbocycles. The lowest BCUT2D eigenvalue weighted by Gasteiger charge is -2.30. The van der Waals surface area contributed by atoms with Crippen LogP contribution >= 0.6 is 7.82 Å². The van der Waals surface area contributed by atoms with E-state index in [2.05, 4.69) is 30.5 Å². The second-order valence-electron chi connectivity index (χ2n) is 13.4. The van der Waals surface area contributed by atoms with Crippen LogP contribution < -0.4 is 31.1 Å². The molecule has 0 unspecified atom stereocenters. The number of rotatable bonds is 21. The van der Waals surface area contributed by atoms with Crippen molar-refractivity contribution in [3.8, 4) is 0 Å². The number of phosphoric acid groups is 1. The largest absolute Gasteiger partial charge is 0.790 e. The Morgan fingerprint density at radius 2 is 1.39 bits per heavy atom. The average Bonchev–Trinajstić information content (AvgIpc) is 3.77. The zero-order valence-corrected chi connectivity index (χ0v) is 30.8. The number of Topliss-reactive ketones (excluding diaryl/α,β-unsaturated/α-hetero) is 1. The van der Waals surface area contributed by atoms with Gasteiger partial charge in [-0.15, -0.1) is 0 Å². The number of aryl methyl sites for hydroxylation is 1.